The van der Waals surface area contributed by atoms with E-state index in [-0.39, 0.29) is 28.6 Å². The smallest absolute Gasteiger partial charge is 0.349 e. The molecule has 1 atom stereocenters. The third kappa shape index (κ3) is 6.27. The van der Waals surface area contributed by atoms with Crippen LogP contribution < -0.4 is 24.7 Å². The van der Waals surface area contributed by atoms with E-state index in [1.165, 1.54) is 24.3 Å². The lowest BCUT2D eigenvalue weighted by Crippen LogP contribution is -2.22. The van der Waals surface area contributed by atoms with Crippen molar-refractivity contribution < 1.29 is 28.7 Å². The number of allylic oxidation sites excluding steroid dienone is 1. The highest BCUT2D eigenvalue weighted by atomic mass is 35.5. The molecular weight excluding hydrogens is 562 g/mol. The van der Waals surface area contributed by atoms with Gasteiger partial charge in [0.2, 0.25) is 5.88 Å². The normalized spacial score (nSPS) is 13.8. The van der Waals surface area contributed by atoms with Crippen molar-refractivity contribution in [3.05, 3.63) is 134 Å². The maximum absolute atomic E-state index is 12.4. The summed E-state index contributed by atoms with van der Waals surface area (Å²) >= 11 is 5.96. The molecule has 2 N–H and O–H groups in total. The molecule has 1 aliphatic rings. The van der Waals surface area contributed by atoms with Gasteiger partial charge in [0.25, 0.3) is 0 Å². The second-order valence-electron chi connectivity index (χ2n) is 9.10. The molecule has 10 nitrogen and oxygen atoms in total. The average molecular weight is 584 g/mol. The number of hydrogen-bond acceptors (Lipinski definition) is 9. The predicted octanol–water partition coefficient (Wildman–Crippen LogP) is 6.03. The first-order valence-corrected chi connectivity index (χ1v) is 13.0. The Morgan fingerprint density at radius 2 is 1.79 bits per heavy atom. The number of carbonyl (C=O) groups is 1. The van der Waals surface area contributed by atoms with Crippen LogP contribution in [-0.4, -0.2) is 17.5 Å². The number of halogens is 1. The Morgan fingerprint density at radius 1 is 1.00 bits per heavy atom. The van der Waals surface area contributed by atoms with Crippen LogP contribution in [0.5, 0.6) is 23.0 Å². The number of rotatable bonds is 9. The van der Waals surface area contributed by atoms with Gasteiger partial charge < -0.3 is 24.7 Å². The highest BCUT2D eigenvalue weighted by Crippen LogP contribution is 2.44. The molecule has 0 saturated carbocycles. The number of benzene rings is 4. The minimum atomic E-state index is -0.785. The Hall–Kier alpha value is -5.53. The maximum Gasteiger partial charge on any atom is 0.349 e. The molecule has 11 heteroatoms. The first kappa shape index (κ1) is 28.0. The molecule has 0 bridgehead atoms. The summed E-state index contributed by atoms with van der Waals surface area (Å²) in [5.41, 5.74) is 8.40. The van der Waals surface area contributed by atoms with Crippen molar-refractivity contribution in [2.75, 3.05) is 6.61 Å². The number of nitrogens with two attached hydrogens (primary N) is 1. The van der Waals surface area contributed by atoms with Crippen molar-refractivity contribution in [2.24, 2.45) is 5.73 Å². The van der Waals surface area contributed by atoms with Crippen LogP contribution in [0.1, 0.15) is 22.6 Å². The van der Waals surface area contributed by atoms with Gasteiger partial charge >= 0.3 is 11.7 Å². The van der Waals surface area contributed by atoms with Gasteiger partial charge in [0, 0.05) is 22.7 Å². The Labute approximate surface area is 245 Å². The van der Waals surface area contributed by atoms with Crippen LogP contribution in [0.2, 0.25) is 5.02 Å². The molecule has 0 saturated heterocycles. The van der Waals surface area contributed by atoms with E-state index in [0.717, 1.165) is 11.1 Å². The van der Waals surface area contributed by atoms with E-state index in [9.17, 15) is 20.2 Å². The molecule has 1 heterocycles. The Bertz CT molecular complexity index is 1730. The third-order valence-electron chi connectivity index (χ3n) is 6.34. The Kier molecular flexibility index (Phi) is 8.22. The largest absolute Gasteiger partial charge is 0.489 e. The summed E-state index contributed by atoms with van der Waals surface area (Å²) in [5.74, 6) is -0.457. The van der Waals surface area contributed by atoms with Gasteiger partial charge in [-0.2, -0.15) is 5.26 Å². The molecule has 42 heavy (non-hydrogen) atoms. The fourth-order valence-electron chi connectivity index (χ4n) is 4.40. The summed E-state index contributed by atoms with van der Waals surface area (Å²) in [4.78, 5) is 23.0. The highest BCUT2D eigenvalue weighted by molar-refractivity contribution is 6.30. The molecule has 1 aliphatic heterocycles. The van der Waals surface area contributed by atoms with Gasteiger partial charge in [-0.1, -0.05) is 54.1 Å². The first-order chi connectivity index (χ1) is 20.3. The lowest BCUT2D eigenvalue weighted by molar-refractivity contribution is -0.385. The number of carbonyl (C=O) groups excluding carboxylic acids is 1. The van der Waals surface area contributed by atoms with Crippen LogP contribution in [0.4, 0.5) is 5.69 Å². The van der Waals surface area contributed by atoms with Crippen molar-refractivity contribution in [3.8, 4) is 29.1 Å². The Balaban J connectivity index is 1.33. The standard InChI is InChI=1S/C31H22ClN3O7/c32-21-10-8-19(9-11-21)17-39-22-5-3-4-20(14-22)30-24-13-12-23(15-28(24)42-31(34)25(30)16-33)41-29(36)18-40-27-7-2-1-6-26(27)35(37)38/h1-15,30H,17-18,34H2. The lowest BCUT2D eigenvalue weighted by Gasteiger charge is -2.27. The van der Waals surface area contributed by atoms with E-state index in [1.54, 1.807) is 30.3 Å². The fourth-order valence-corrected chi connectivity index (χ4v) is 4.53. The topological polar surface area (TPSA) is 147 Å². The van der Waals surface area contributed by atoms with Gasteiger partial charge in [-0.25, -0.2) is 4.79 Å². The Morgan fingerprint density at radius 3 is 2.55 bits per heavy atom. The van der Waals surface area contributed by atoms with Gasteiger partial charge in [-0.3, -0.25) is 10.1 Å². The third-order valence-corrected chi connectivity index (χ3v) is 6.59. The van der Waals surface area contributed by atoms with Crippen molar-refractivity contribution in [2.45, 2.75) is 12.5 Å². The molecule has 4 aromatic rings. The molecule has 0 aliphatic carbocycles. The molecule has 0 spiro atoms. The van der Waals surface area contributed by atoms with Crippen molar-refractivity contribution in [3.63, 3.8) is 0 Å². The summed E-state index contributed by atoms with van der Waals surface area (Å²) in [6.07, 6.45) is 0. The minimum Gasteiger partial charge on any atom is -0.489 e. The van der Waals surface area contributed by atoms with E-state index < -0.39 is 23.4 Å². The molecule has 0 aromatic heterocycles. The highest BCUT2D eigenvalue weighted by Gasteiger charge is 2.31. The summed E-state index contributed by atoms with van der Waals surface area (Å²) < 4.78 is 22.4. The second-order valence-corrected chi connectivity index (χ2v) is 9.54. The van der Waals surface area contributed by atoms with E-state index in [2.05, 4.69) is 6.07 Å². The zero-order chi connectivity index (χ0) is 29.6. The molecule has 0 radical (unpaired) electrons. The molecular formula is C31H22ClN3O7. The van der Waals surface area contributed by atoms with E-state index in [0.29, 0.717) is 28.7 Å². The fraction of sp³-hybridized carbons (Fsp3) is 0.0968. The second kappa shape index (κ2) is 12.3. The number of para-hydroxylation sites is 2. The van der Waals surface area contributed by atoms with Crippen molar-refractivity contribution in [1.82, 2.24) is 0 Å². The van der Waals surface area contributed by atoms with Gasteiger partial charge in [0.15, 0.2) is 12.4 Å². The predicted molar refractivity (Wildman–Crippen MR) is 152 cm³/mol. The zero-order valence-electron chi connectivity index (χ0n) is 21.9. The monoisotopic (exact) mass is 583 g/mol. The number of nitriles is 1. The van der Waals surface area contributed by atoms with Gasteiger partial charge in [-0.15, -0.1) is 0 Å². The van der Waals surface area contributed by atoms with Crippen LogP contribution >= 0.6 is 11.6 Å². The first-order valence-electron chi connectivity index (χ1n) is 12.6. The average Bonchev–Trinajstić information content (AvgIpc) is 2.99. The van der Waals surface area contributed by atoms with E-state index in [1.807, 2.05) is 36.4 Å². The SMILES string of the molecule is N#CC1=C(N)Oc2cc(OC(=O)COc3ccccc3[N+](=O)[O-])ccc2C1c1cccc(OCc2ccc(Cl)cc2)c1. The molecule has 0 fully saturated rings. The van der Waals surface area contributed by atoms with Crippen LogP contribution in [0.15, 0.2) is 102 Å². The number of nitrogens with zero attached hydrogens (tertiary/aromatic N) is 2. The molecule has 0 amide bonds. The van der Waals surface area contributed by atoms with Gasteiger partial charge in [-0.05, 0) is 47.5 Å². The summed E-state index contributed by atoms with van der Waals surface area (Å²) in [6, 6.07) is 27.2. The summed E-state index contributed by atoms with van der Waals surface area (Å²) in [7, 11) is 0. The van der Waals surface area contributed by atoms with E-state index >= 15 is 0 Å². The number of esters is 1. The molecule has 1 unspecified atom stereocenters. The summed E-state index contributed by atoms with van der Waals surface area (Å²) in [6.45, 7) is -0.237. The summed E-state index contributed by atoms with van der Waals surface area (Å²) in [5, 5.41) is 21.7. The van der Waals surface area contributed by atoms with Crippen LogP contribution in [0, 0.1) is 21.4 Å². The van der Waals surface area contributed by atoms with Crippen LogP contribution in [-0.2, 0) is 11.4 Å². The number of nitro benzene ring substituents is 1. The maximum atomic E-state index is 12.4. The molecule has 210 valence electrons. The number of nitro groups is 1. The molecule has 5 rings (SSSR count). The molecule has 4 aromatic carbocycles. The lowest BCUT2D eigenvalue weighted by atomic mass is 9.83. The van der Waals surface area contributed by atoms with Crippen molar-refractivity contribution in [1.29, 1.82) is 5.26 Å². The minimum absolute atomic E-state index is 0.0580. The van der Waals surface area contributed by atoms with Crippen LogP contribution in [0.3, 0.4) is 0 Å². The van der Waals surface area contributed by atoms with Gasteiger partial charge in [0.1, 0.15) is 35.5 Å². The van der Waals surface area contributed by atoms with Gasteiger partial charge in [0.05, 0.1) is 10.8 Å². The number of fused-ring (bicyclic) bond motifs is 1. The quantitative estimate of drug-likeness (QED) is 0.108. The zero-order valence-corrected chi connectivity index (χ0v) is 22.6. The van der Waals surface area contributed by atoms with Crippen LogP contribution in [0.25, 0.3) is 0 Å². The number of hydrogen-bond donors (Lipinski definition) is 1. The number of ether oxygens (including phenoxy) is 4. The van der Waals surface area contributed by atoms with E-state index in [4.69, 9.17) is 36.3 Å². The van der Waals surface area contributed by atoms with Crippen molar-refractivity contribution >= 4 is 23.3 Å².